The highest BCUT2D eigenvalue weighted by Crippen LogP contribution is 2.13. The van der Waals surface area contributed by atoms with Crippen molar-refractivity contribution in [2.75, 3.05) is 12.0 Å². The van der Waals surface area contributed by atoms with Gasteiger partial charge in [-0.3, -0.25) is 5.43 Å². The van der Waals surface area contributed by atoms with Crippen LogP contribution in [0, 0.1) is 11.3 Å². The molecule has 0 bridgehead atoms. The average Bonchev–Trinajstić information content (AvgIpc) is 2.48. The summed E-state index contributed by atoms with van der Waals surface area (Å²) in [7, 11) is 0. The number of ether oxygens (including phenoxy) is 1. The maximum Gasteiger partial charge on any atom is 0.174 e. The quantitative estimate of drug-likeness (QED) is 0.673. The minimum Gasteiger partial charge on any atom is -0.479 e. The summed E-state index contributed by atoms with van der Waals surface area (Å²) in [6, 6.07) is 16.5. The Bertz CT molecular complexity index is 615. The number of benzene rings is 2. The molecule has 1 N–H and O–H groups in total. The lowest BCUT2D eigenvalue weighted by Crippen LogP contribution is -1.94. The average molecular weight is 286 g/mol. The van der Waals surface area contributed by atoms with Gasteiger partial charge in [-0.2, -0.15) is 10.4 Å². The molecule has 0 aliphatic heterocycles. The molecule has 0 amide bonds. The highest BCUT2D eigenvalue weighted by atomic mass is 35.5. The van der Waals surface area contributed by atoms with Crippen LogP contribution >= 0.6 is 11.6 Å². The molecule has 0 radical (unpaired) electrons. The lowest BCUT2D eigenvalue weighted by atomic mass is 10.2. The fraction of sp³-hybridized carbons (Fsp3) is 0.0667. The molecule has 0 saturated carbocycles. The van der Waals surface area contributed by atoms with Gasteiger partial charge in [0.05, 0.1) is 11.9 Å². The third-order valence-electron chi connectivity index (χ3n) is 2.43. The number of hydrogen-bond donors (Lipinski definition) is 1. The van der Waals surface area contributed by atoms with Crippen molar-refractivity contribution in [3.8, 4) is 11.8 Å². The van der Waals surface area contributed by atoms with Gasteiger partial charge in [-0.1, -0.05) is 11.6 Å². The van der Waals surface area contributed by atoms with E-state index in [1.54, 1.807) is 30.5 Å². The number of anilines is 1. The van der Waals surface area contributed by atoms with Gasteiger partial charge in [0.2, 0.25) is 0 Å². The summed E-state index contributed by atoms with van der Waals surface area (Å²) >= 11 is 5.79. The Morgan fingerprint density at radius 1 is 1.15 bits per heavy atom. The first kappa shape index (κ1) is 13.9. The van der Waals surface area contributed by atoms with Crippen LogP contribution < -0.4 is 10.2 Å². The van der Waals surface area contributed by atoms with Crippen molar-refractivity contribution < 1.29 is 4.74 Å². The molecule has 100 valence electrons. The van der Waals surface area contributed by atoms with Gasteiger partial charge in [0.1, 0.15) is 11.8 Å². The van der Waals surface area contributed by atoms with Crippen molar-refractivity contribution in [1.29, 1.82) is 5.26 Å². The molecule has 2 aromatic carbocycles. The fourth-order valence-corrected chi connectivity index (χ4v) is 1.60. The molecule has 0 unspecified atom stereocenters. The Labute approximate surface area is 122 Å². The van der Waals surface area contributed by atoms with E-state index in [1.807, 2.05) is 30.3 Å². The molecule has 2 aromatic rings. The van der Waals surface area contributed by atoms with Crippen molar-refractivity contribution in [2.45, 2.75) is 0 Å². The Balaban J connectivity index is 1.91. The highest BCUT2D eigenvalue weighted by Gasteiger charge is 1.93. The van der Waals surface area contributed by atoms with Crippen molar-refractivity contribution in [3.05, 3.63) is 59.1 Å². The Kier molecular flexibility index (Phi) is 4.99. The third kappa shape index (κ3) is 4.30. The van der Waals surface area contributed by atoms with E-state index in [4.69, 9.17) is 21.6 Å². The summed E-state index contributed by atoms with van der Waals surface area (Å²) in [5.74, 6) is 0.661. The Morgan fingerprint density at radius 2 is 1.85 bits per heavy atom. The minimum absolute atomic E-state index is 0.0472. The molecule has 0 atom stereocenters. The Hall–Kier alpha value is -2.51. The normalized spacial score (nSPS) is 10.2. The molecule has 20 heavy (non-hydrogen) atoms. The summed E-state index contributed by atoms with van der Waals surface area (Å²) < 4.78 is 5.16. The first-order valence-corrected chi connectivity index (χ1v) is 6.30. The first-order chi connectivity index (χ1) is 9.78. The van der Waals surface area contributed by atoms with Crippen LogP contribution in [-0.2, 0) is 0 Å². The molecule has 0 aliphatic rings. The Morgan fingerprint density at radius 3 is 2.50 bits per heavy atom. The number of nitrogens with one attached hydrogen (secondary N) is 1. The van der Waals surface area contributed by atoms with Gasteiger partial charge in [0.15, 0.2) is 6.61 Å². The van der Waals surface area contributed by atoms with Crippen LogP contribution in [0.15, 0.2) is 53.6 Å². The largest absolute Gasteiger partial charge is 0.479 e. The van der Waals surface area contributed by atoms with E-state index in [0.717, 1.165) is 11.3 Å². The minimum atomic E-state index is 0.0472. The second-order valence-electron chi connectivity index (χ2n) is 3.89. The fourth-order valence-electron chi connectivity index (χ4n) is 1.47. The van der Waals surface area contributed by atoms with Crippen LogP contribution in [0.5, 0.6) is 5.75 Å². The summed E-state index contributed by atoms with van der Waals surface area (Å²) in [6.45, 7) is 0.0472. The van der Waals surface area contributed by atoms with Crippen LogP contribution in [-0.4, -0.2) is 12.8 Å². The standard InChI is InChI=1S/C15H12ClN3O/c16-13-3-5-14(6-4-13)19-18-11-12-1-7-15(8-2-12)20-10-9-17/h1-8,11,19H,10H2/b18-11-. The molecule has 4 nitrogen and oxygen atoms in total. The van der Waals surface area contributed by atoms with Gasteiger partial charge >= 0.3 is 0 Å². The van der Waals surface area contributed by atoms with Crippen LogP contribution in [0.2, 0.25) is 5.02 Å². The third-order valence-corrected chi connectivity index (χ3v) is 2.69. The zero-order valence-electron chi connectivity index (χ0n) is 10.6. The molecule has 0 aromatic heterocycles. The van der Waals surface area contributed by atoms with Crippen molar-refractivity contribution >= 4 is 23.5 Å². The number of rotatable bonds is 5. The topological polar surface area (TPSA) is 57.4 Å². The number of nitriles is 1. The molecule has 0 fully saturated rings. The van der Waals surface area contributed by atoms with E-state index in [9.17, 15) is 0 Å². The second-order valence-corrected chi connectivity index (χ2v) is 4.33. The maximum absolute atomic E-state index is 8.41. The highest BCUT2D eigenvalue weighted by molar-refractivity contribution is 6.30. The second kappa shape index (κ2) is 7.17. The predicted molar refractivity (Wildman–Crippen MR) is 80.2 cm³/mol. The van der Waals surface area contributed by atoms with E-state index in [2.05, 4.69) is 10.5 Å². The number of nitrogens with zero attached hydrogens (tertiary/aromatic N) is 2. The van der Waals surface area contributed by atoms with Gasteiger partial charge in [0.25, 0.3) is 0 Å². The number of hydrogen-bond acceptors (Lipinski definition) is 4. The molecule has 5 heteroatoms. The predicted octanol–water partition coefficient (Wildman–Crippen LogP) is 3.69. The van der Waals surface area contributed by atoms with Crippen LogP contribution in [0.1, 0.15) is 5.56 Å². The van der Waals surface area contributed by atoms with Crippen molar-refractivity contribution in [3.63, 3.8) is 0 Å². The molecule has 0 heterocycles. The van der Waals surface area contributed by atoms with E-state index in [0.29, 0.717) is 10.8 Å². The van der Waals surface area contributed by atoms with Gasteiger partial charge in [-0.25, -0.2) is 0 Å². The van der Waals surface area contributed by atoms with Crippen molar-refractivity contribution in [1.82, 2.24) is 0 Å². The van der Waals surface area contributed by atoms with E-state index in [-0.39, 0.29) is 6.61 Å². The summed E-state index contributed by atoms with van der Waals surface area (Å²) in [5, 5.41) is 13.2. The monoisotopic (exact) mass is 285 g/mol. The lowest BCUT2D eigenvalue weighted by Gasteiger charge is -2.02. The number of hydrazone groups is 1. The molecule has 0 aliphatic carbocycles. The van der Waals surface area contributed by atoms with Gasteiger partial charge in [-0.15, -0.1) is 0 Å². The van der Waals surface area contributed by atoms with Crippen LogP contribution in [0.25, 0.3) is 0 Å². The van der Waals surface area contributed by atoms with Crippen molar-refractivity contribution in [2.24, 2.45) is 5.10 Å². The van der Waals surface area contributed by atoms with Crippen LogP contribution in [0.4, 0.5) is 5.69 Å². The van der Waals surface area contributed by atoms with Gasteiger partial charge in [0, 0.05) is 5.02 Å². The zero-order valence-corrected chi connectivity index (χ0v) is 11.3. The van der Waals surface area contributed by atoms with Gasteiger partial charge < -0.3 is 4.74 Å². The molecule has 0 spiro atoms. The summed E-state index contributed by atoms with van der Waals surface area (Å²) in [5.41, 5.74) is 4.69. The SMILES string of the molecule is N#CCOc1ccc(/C=N\Nc2ccc(Cl)cc2)cc1. The first-order valence-electron chi connectivity index (χ1n) is 5.92. The molecular weight excluding hydrogens is 274 g/mol. The zero-order chi connectivity index (χ0) is 14.2. The lowest BCUT2D eigenvalue weighted by molar-refractivity contribution is 0.368. The van der Waals surface area contributed by atoms with E-state index in [1.165, 1.54) is 0 Å². The van der Waals surface area contributed by atoms with Gasteiger partial charge in [-0.05, 0) is 54.1 Å². The smallest absolute Gasteiger partial charge is 0.174 e. The summed E-state index contributed by atoms with van der Waals surface area (Å²) in [6.07, 6.45) is 1.70. The molecule has 2 rings (SSSR count). The van der Waals surface area contributed by atoms with E-state index >= 15 is 0 Å². The van der Waals surface area contributed by atoms with E-state index < -0.39 is 0 Å². The number of halogens is 1. The summed E-state index contributed by atoms with van der Waals surface area (Å²) in [4.78, 5) is 0. The molecular formula is C15H12ClN3O. The maximum atomic E-state index is 8.41. The van der Waals surface area contributed by atoms with Crippen LogP contribution in [0.3, 0.4) is 0 Å². The molecule has 0 saturated heterocycles.